The largest absolute Gasteiger partial charge is 0.465 e. The van der Waals surface area contributed by atoms with Crippen molar-refractivity contribution in [1.82, 2.24) is 4.31 Å². The highest BCUT2D eigenvalue weighted by Crippen LogP contribution is 2.18. The molecule has 0 fully saturated rings. The molecule has 0 radical (unpaired) electrons. The average Bonchev–Trinajstić information content (AvgIpc) is 2.85. The van der Waals surface area contributed by atoms with Crippen LogP contribution >= 0.6 is 0 Å². The molecule has 0 amide bonds. The van der Waals surface area contributed by atoms with E-state index >= 15 is 0 Å². The van der Waals surface area contributed by atoms with Crippen molar-refractivity contribution in [1.29, 1.82) is 5.26 Å². The van der Waals surface area contributed by atoms with Crippen molar-refractivity contribution in [3.8, 4) is 6.07 Å². The van der Waals surface area contributed by atoms with Crippen LogP contribution in [0.2, 0.25) is 0 Å². The fourth-order valence-corrected chi connectivity index (χ4v) is 3.06. The molecule has 110 valence electrons. The Labute approximate surface area is 124 Å². The van der Waals surface area contributed by atoms with E-state index in [2.05, 4.69) is 0 Å². The molecule has 0 N–H and O–H groups in total. The van der Waals surface area contributed by atoms with Crippen molar-refractivity contribution in [2.24, 2.45) is 0 Å². The zero-order valence-corrected chi connectivity index (χ0v) is 12.7. The maximum atomic E-state index is 12.4. The van der Waals surface area contributed by atoms with Crippen LogP contribution in [-0.2, 0) is 23.0 Å². The lowest BCUT2D eigenvalue weighted by Gasteiger charge is -2.16. The molecule has 6 heteroatoms. The zero-order chi connectivity index (χ0) is 15.5. The average molecular weight is 304 g/mol. The summed E-state index contributed by atoms with van der Waals surface area (Å²) in [5.74, 6) is 1.34. The SMILES string of the molecule is Cc1ccc(CN(C)S(=O)(=O)c2ccc(CC#N)cc2)o1. The van der Waals surface area contributed by atoms with Gasteiger partial charge in [0.1, 0.15) is 11.5 Å². The van der Waals surface area contributed by atoms with E-state index in [0.29, 0.717) is 5.76 Å². The van der Waals surface area contributed by atoms with E-state index in [0.717, 1.165) is 11.3 Å². The van der Waals surface area contributed by atoms with Crippen LogP contribution in [0.4, 0.5) is 0 Å². The van der Waals surface area contributed by atoms with Gasteiger partial charge in [0, 0.05) is 7.05 Å². The number of nitriles is 1. The summed E-state index contributed by atoms with van der Waals surface area (Å²) in [5.41, 5.74) is 0.792. The van der Waals surface area contributed by atoms with Gasteiger partial charge in [0.05, 0.1) is 23.9 Å². The molecule has 1 heterocycles. The summed E-state index contributed by atoms with van der Waals surface area (Å²) in [6.07, 6.45) is 0.266. The summed E-state index contributed by atoms with van der Waals surface area (Å²) in [5, 5.41) is 8.62. The highest BCUT2D eigenvalue weighted by molar-refractivity contribution is 7.89. The molecule has 0 saturated carbocycles. The quantitative estimate of drug-likeness (QED) is 0.850. The van der Waals surface area contributed by atoms with Crippen LogP contribution in [-0.4, -0.2) is 19.8 Å². The van der Waals surface area contributed by atoms with Crippen LogP contribution in [0.5, 0.6) is 0 Å². The predicted molar refractivity (Wildman–Crippen MR) is 77.9 cm³/mol. The van der Waals surface area contributed by atoms with Crippen molar-refractivity contribution >= 4 is 10.0 Å². The predicted octanol–water partition coefficient (Wildman–Crippen LogP) is 2.47. The molecule has 0 aliphatic heterocycles. The van der Waals surface area contributed by atoms with Crippen molar-refractivity contribution in [2.45, 2.75) is 24.8 Å². The van der Waals surface area contributed by atoms with Gasteiger partial charge < -0.3 is 4.42 Å². The third kappa shape index (κ3) is 3.51. The first kappa shape index (κ1) is 15.3. The molecule has 0 spiro atoms. The first-order chi connectivity index (χ1) is 9.93. The molecule has 0 bridgehead atoms. The molecule has 0 aliphatic carbocycles. The van der Waals surface area contributed by atoms with Crippen LogP contribution in [0.15, 0.2) is 45.7 Å². The molecular weight excluding hydrogens is 288 g/mol. The number of benzene rings is 1. The third-order valence-electron chi connectivity index (χ3n) is 3.09. The van der Waals surface area contributed by atoms with E-state index < -0.39 is 10.0 Å². The van der Waals surface area contributed by atoms with Gasteiger partial charge in [0.2, 0.25) is 10.0 Å². The van der Waals surface area contributed by atoms with Gasteiger partial charge in [0.15, 0.2) is 0 Å². The van der Waals surface area contributed by atoms with Gasteiger partial charge in [0.25, 0.3) is 0 Å². The Balaban J connectivity index is 2.18. The molecule has 0 unspecified atom stereocenters. The lowest BCUT2D eigenvalue weighted by molar-refractivity contribution is 0.397. The van der Waals surface area contributed by atoms with E-state index in [1.165, 1.54) is 23.5 Å². The van der Waals surface area contributed by atoms with Crippen LogP contribution in [0, 0.1) is 18.3 Å². The van der Waals surface area contributed by atoms with Crippen LogP contribution in [0.3, 0.4) is 0 Å². The first-order valence-corrected chi connectivity index (χ1v) is 7.85. The Morgan fingerprint density at radius 3 is 2.38 bits per heavy atom. The molecular formula is C15H16N2O3S. The van der Waals surface area contributed by atoms with E-state index in [9.17, 15) is 8.42 Å². The summed E-state index contributed by atoms with van der Waals surface area (Å²) in [6.45, 7) is 1.99. The minimum atomic E-state index is -3.57. The maximum Gasteiger partial charge on any atom is 0.243 e. The number of aryl methyl sites for hydroxylation is 1. The summed E-state index contributed by atoms with van der Waals surface area (Å²) in [4.78, 5) is 0.204. The lowest BCUT2D eigenvalue weighted by atomic mass is 10.2. The first-order valence-electron chi connectivity index (χ1n) is 6.41. The lowest BCUT2D eigenvalue weighted by Crippen LogP contribution is -2.26. The van der Waals surface area contributed by atoms with Crippen LogP contribution < -0.4 is 0 Å². The third-order valence-corrected chi connectivity index (χ3v) is 4.91. The highest BCUT2D eigenvalue weighted by atomic mass is 32.2. The van der Waals surface area contributed by atoms with Crippen molar-refractivity contribution in [3.63, 3.8) is 0 Å². The maximum absolute atomic E-state index is 12.4. The van der Waals surface area contributed by atoms with Crippen molar-refractivity contribution < 1.29 is 12.8 Å². The molecule has 1 aromatic carbocycles. The van der Waals surface area contributed by atoms with E-state index in [1.807, 2.05) is 13.0 Å². The summed E-state index contributed by atoms with van der Waals surface area (Å²) in [6, 6.07) is 11.9. The van der Waals surface area contributed by atoms with Crippen molar-refractivity contribution in [2.75, 3.05) is 7.05 Å². The van der Waals surface area contributed by atoms with Gasteiger partial charge in [-0.1, -0.05) is 12.1 Å². The smallest absolute Gasteiger partial charge is 0.243 e. The van der Waals surface area contributed by atoms with Gasteiger partial charge in [-0.15, -0.1) is 0 Å². The Bertz CT molecular complexity index is 755. The molecule has 2 aromatic rings. The van der Waals surface area contributed by atoms with Gasteiger partial charge >= 0.3 is 0 Å². The second kappa shape index (κ2) is 6.12. The van der Waals surface area contributed by atoms with Gasteiger partial charge in [-0.2, -0.15) is 9.57 Å². The number of hydrogen-bond acceptors (Lipinski definition) is 4. The van der Waals surface area contributed by atoms with Gasteiger partial charge in [-0.25, -0.2) is 8.42 Å². The monoisotopic (exact) mass is 304 g/mol. The molecule has 0 saturated heterocycles. The van der Waals surface area contributed by atoms with Gasteiger partial charge in [-0.3, -0.25) is 0 Å². The fraction of sp³-hybridized carbons (Fsp3) is 0.267. The van der Waals surface area contributed by atoms with E-state index in [-0.39, 0.29) is 17.9 Å². The summed E-state index contributed by atoms with van der Waals surface area (Å²) >= 11 is 0. The standard InChI is InChI=1S/C15H16N2O3S/c1-12-3-6-14(20-12)11-17(2)21(18,19)15-7-4-13(5-8-15)9-10-16/h3-8H,9,11H2,1-2H3. The molecule has 1 aromatic heterocycles. The number of furan rings is 1. The molecule has 5 nitrogen and oxygen atoms in total. The number of hydrogen-bond donors (Lipinski definition) is 0. The van der Waals surface area contributed by atoms with Crippen molar-refractivity contribution in [3.05, 3.63) is 53.5 Å². The zero-order valence-electron chi connectivity index (χ0n) is 11.9. The number of rotatable bonds is 5. The minimum absolute atomic E-state index is 0.177. The molecule has 21 heavy (non-hydrogen) atoms. The Kier molecular flexibility index (Phi) is 4.46. The normalized spacial score (nSPS) is 11.5. The molecule has 2 rings (SSSR count). The number of nitrogens with zero attached hydrogens (tertiary/aromatic N) is 2. The Morgan fingerprint density at radius 1 is 1.19 bits per heavy atom. The second-order valence-corrected chi connectivity index (χ2v) is 6.80. The van der Waals surface area contributed by atoms with E-state index in [1.54, 1.807) is 24.3 Å². The second-order valence-electron chi connectivity index (χ2n) is 4.75. The van der Waals surface area contributed by atoms with E-state index in [4.69, 9.17) is 9.68 Å². The van der Waals surface area contributed by atoms with Crippen LogP contribution in [0.25, 0.3) is 0 Å². The number of sulfonamides is 1. The Morgan fingerprint density at radius 2 is 1.86 bits per heavy atom. The molecule has 0 atom stereocenters. The van der Waals surface area contributed by atoms with Gasteiger partial charge in [-0.05, 0) is 36.8 Å². The fourth-order valence-electron chi connectivity index (χ4n) is 1.93. The summed E-state index contributed by atoms with van der Waals surface area (Å²) in [7, 11) is -2.06. The minimum Gasteiger partial charge on any atom is -0.465 e. The Hall–Kier alpha value is -2.10. The van der Waals surface area contributed by atoms with Crippen LogP contribution in [0.1, 0.15) is 17.1 Å². The summed E-state index contributed by atoms with van der Waals surface area (Å²) < 4.78 is 31.5. The topological polar surface area (TPSA) is 74.3 Å². The highest BCUT2D eigenvalue weighted by Gasteiger charge is 2.21. The molecule has 0 aliphatic rings.